The minimum atomic E-state index is -0.419. The summed E-state index contributed by atoms with van der Waals surface area (Å²) in [6, 6.07) is 21.7. The summed E-state index contributed by atoms with van der Waals surface area (Å²) in [6.45, 7) is 2.13. The van der Waals surface area contributed by atoms with Crippen molar-refractivity contribution in [3.8, 4) is 17.0 Å². The van der Waals surface area contributed by atoms with Crippen LogP contribution in [0.1, 0.15) is 28.5 Å². The van der Waals surface area contributed by atoms with Gasteiger partial charge >= 0.3 is 0 Å². The van der Waals surface area contributed by atoms with Gasteiger partial charge in [0.25, 0.3) is 5.91 Å². The number of nitrogens with one attached hydrogen (secondary N) is 2. The summed E-state index contributed by atoms with van der Waals surface area (Å²) in [7, 11) is 0. The zero-order valence-corrected chi connectivity index (χ0v) is 20.2. The van der Waals surface area contributed by atoms with Crippen molar-refractivity contribution in [2.24, 2.45) is 5.10 Å². The molecule has 1 heterocycles. The van der Waals surface area contributed by atoms with E-state index in [0.717, 1.165) is 16.7 Å². The summed E-state index contributed by atoms with van der Waals surface area (Å²) in [5.41, 5.74) is 6.48. The second kappa shape index (κ2) is 10.7. The Morgan fingerprint density at radius 1 is 0.971 bits per heavy atom. The number of nitrogens with zero attached hydrogens (tertiary/aromatic N) is 2. The van der Waals surface area contributed by atoms with Crippen LogP contribution in [0.5, 0.6) is 5.75 Å². The number of hydrogen-bond donors (Lipinski definition) is 2. The summed E-state index contributed by atoms with van der Waals surface area (Å²) in [6.07, 6.45) is 0. The summed E-state index contributed by atoms with van der Waals surface area (Å²) in [4.78, 5) is 12.5. The number of amides is 1. The molecule has 172 valence electrons. The predicted molar refractivity (Wildman–Crippen MR) is 136 cm³/mol. The van der Waals surface area contributed by atoms with Crippen molar-refractivity contribution in [2.45, 2.75) is 13.5 Å². The Morgan fingerprint density at radius 3 is 2.47 bits per heavy atom. The second-order valence-electron chi connectivity index (χ2n) is 7.34. The topological polar surface area (TPSA) is 79.4 Å². The van der Waals surface area contributed by atoms with E-state index in [-0.39, 0.29) is 5.69 Å². The highest BCUT2D eigenvalue weighted by atomic mass is 35.5. The quantitative estimate of drug-likeness (QED) is 0.211. The summed E-state index contributed by atoms with van der Waals surface area (Å²) in [5.74, 6) is 0.280. The van der Waals surface area contributed by atoms with Gasteiger partial charge in [-0.25, -0.2) is 5.43 Å². The Bertz CT molecular complexity index is 1350. The van der Waals surface area contributed by atoms with Crippen molar-refractivity contribution < 1.29 is 9.53 Å². The molecule has 0 radical (unpaired) electrons. The van der Waals surface area contributed by atoms with Crippen LogP contribution in [0, 0.1) is 0 Å². The summed E-state index contributed by atoms with van der Waals surface area (Å²) in [5, 5.41) is 12.6. The van der Waals surface area contributed by atoms with E-state index in [2.05, 4.69) is 20.7 Å². The number of hydrazone groups is 1. The first-order chi connectivity index (χ1) is 16.4. The molecule has 6 nitrogen and oxygen atoms in total. The van der Waals surface area contributed by atoms with E-state index in [0.29, 0.717) is 38.8 Å². The van der Waals surface area contributed by atoms with Crippen LogP contribution >= 0.6 is 34.8 Å². The predicted octanol–water partition coefficient (Wildman–Crippen LogP) is 6.77. The molecule has 1 amide bonds. The molecule has 1 aromatic heterocycles. The van der Waals surface area contributed by atoms with Gasteiger partial charge in [-0.2, -0.15) is 10.2 Å². The van der Waals surface area contributed by atoms with Crippen LogP contribution in [0.25, 0.3) is 11.3 Å². The van der Waals surface area contributed by atoms with Gasteiger partial charge < -0.3 is 4.74 Å². The van der Waals surface area contributed by atoms with Gasteiger partial charge in [0.1, 0.15) is 18.1 Å². The van der Waals surface area contributed by atoms with Gasteiger partial charge in [0.15, 0.2) is 0 Å². The molecule has 4 rings (SSSR count). The number of rotatable bonds is 7. The first-order valence-electron chi connectivity index (χ1n) is 10.2. The third kappa shape index (κ3) is 5.78. The van der Waals surface area contributed by atoms with Gasteiger partial charge in [0, 0.05) is 16.1 Å². The number of aromatic amines is 1. The average Bonchev–Trinajstić information content (AvgIpc) is 3.34. The van der Waals surface area contributed by atoms with E-state index >= 15 is 0 Å². The van der Waals surface area contributed by atoms with Gasteiger partial charge in [0.2, 0.25) is 0 Å². The highest BCUT2D eigenvalue weighted by molar-refractivity contribution is 6.42. The van der Waals surface area contributed by atoms with Crippen molar-refractivity contribution in [3.05, 3.63) is 105 Å². The van der Waals surface area contributed by atoms with Crippen LogP contribution in [0.3, 0.4) is 0 Å². The second-order valence-corrected chi connectivity index (χ2v) is 8.56. The lowest BCUT2D eigenvalue weighted by atomic mass is 10.1. The van der Waals surface area contributed by atoms with Crippen LogP contribution in [0.4, 0.5) is 0 Å². The van der Waals surface area contributed by atoms with Crippen molar-refractivity contribution in [1.29, 1.82) is 0 Å². The zero-order chi connectivity index (χ0) is 24.1. The van der Waals surface area contributed by atoms with Crippen LogP contribution < -0.4 is 10.2 Å². The minimum absolute atomic E-state index is 0.278. The average molecular weight is 514 g/mol. The van der Waals surface area contributed by atoms with Gasteiger partial charge in [-0.1, -0.05) is 59.1 Å². The largest absolute Gasteiger partial charge is 0.489 e. The monoisotopic (exact) mass is 512 g/mol. The molecule has 34 heavy (non-hydrogen) atoms. The molecule has 9 heteroatoms. The number of benzene rings is 3. The zero-order valence-electron chi connectivity index (χ0n) is 18.0. The first-order valence-corrected chi connectivity index (χ1v) is 11.4. The molecule has 0 unspecified atom stereocenters. The summed E-state index contributed by atoms with van der Waals surface area (Å²) >= 11 is 18.1. The Hall–Kier alpha value is -3.32. The first kappa shape index (κ1) is 23.8. The van der Waals surface area contributed by atoms with Crippen molar-refractivity contribution in [1.82, 2.24) is 15.6 Å². The van der Waals surface area contributed by atoms with E-state index < -0.39 is 5.91 Å². The van der Waals surface area contributed by atoms with Gasteiger partial charge in [-0.05, 0) is 61.0 Å². The van der Waals surface area contributed by atoms with Crippen LogP contribution in [-0.2, 0) is 6.61 Å². The molecule has 0 fully saturated rings. The molecule has 0 aliphatic carbocycles. The number of halogens is 3. The molecule has 0 saturated heterocycles. The third-order valence-electron chi connectivity index (χ3n) is 4.99. The molecule has 4 aromatic rings. The Kier molecular flexibility index (Phi) is 7.53. The van der Waals surface area contributed by atoms with Gasteiger partial charge in [-0.15, -0.1) is 0 Å². The van der Waals surface area contributed by atoms with E-state index in [1.807, 2.05) is 48.5 Å². The molecule has 0 aliphatic heterocycles. The van der Waals surface area contributed by atoms with Crippen LogP contribution in [0.2, 0.25) is 15.1 Å². The van der Waals surface area contributed by atoms with Gasteiger partial charge in [-0.3, -0.25) is 9.89 Å². The van der Waals surface area contributed by atoms with E-state index in [4.69, 9.17) is 39.5 Å². The fourth-order valence-corrected chi connectivity index (χ4v) is 3.55. The number of hydrogen-bond acceptors (Lipinski definition) is 4. The molecule has 0 bridgehead atoms. The molecule has 0 saturated carbocycles. The highest BCUT2D eigenvalue weighted by Crippen LogP contribution is 2.24. The maximum Gasteiger partial charge on any atom is 0.289 e. The fraction of sp³-hybridized carbons (Fsp3) is 0.0800. The highest BCUT2D eigenvalue weighted by Gasteiger charge is 2.12. The van der Waals surface area contributed by atoms with E-state index in [1.165, 1.54) is 0 Å². The molecule has 3 aromatic carbocycles. The summed E-state index contributed by atoms with van der Waals surface area (Å²) < 4.78 is 5.80. The molecular weight excluding hydrogens is 495 g/mol. The Labute approximate surface area is 211 Å². The number of carbonyl (C=O) groups excluding carboxylic acids is 1. The lowest BCUT2D eigenvalue weighted by Crippen LogP contribution is -2.19. The third-order valence-corrected chi connectivity index (χ3v) is 6.10. The number of aromatic nitrogens is 2. The van der Waals surface area contributed by atoms with Crippen molar-refractivity contribution in [2.75, 3.05) is 0 Å². The maximum absolute atomic E-state index is 12.5. The normalized spacial score (nSPS) is 11.4. The minimum Gasteiger partial charge on any atom is -0.489 e. The lowest BCUT2D eigenvalue weighted by Gasteiger charge is -2.08. The van der Waals surface area contributed by atoms with E-state index in [1.54, 1.807) is 31.2 Å². The number of H-pyrrole nitrogens is 1. The molecule has 0 spiro atoms. The smallest absolute Gasteiger partial charge is 0.289 e. The Morgan fingerprint density at radius 2 is 1.74 bits per heavy atom. The maximum atomic E-state index is 12.5. The number of carbonyl (C=O) groups is 1. The van der Waals surface area contributed by atoms with E-state index in [9.17, 15) is 4.79 Å². The molecule has 0 atom stereocenters. The SMILES string of the molecule is C/C(=N/NC(=O)c1cc(-c2ccc(OCc3ccccc3Cl)cc2)n[nH]1)c1ccc(Cl)c(Cl)c1. The fourth-order valence-electron chi connectivity index (χ4n) is 3.06. The lowest BCUT2D eigenvalue weighted by molar-refractivity contribution is 0.0950. The Balaban J connectivity index is 1.38. The van der Waals surface area contributed by atoms with Gasteiger partial charge in [0.05, 0.1) is 21.5 Å². The number of ether oxygens (including phenoxy) is 1. The van der Waals surface area contributed by atoms with Crippen LogP contribution in [-0.4, -0.2) is 21.8 Å². The molecular formula is C25H19Cl3N4O2. The molecule has 2 N–H and O–H groups in total. The standard InChI is InChI=1S/C25H19Cl3N4O2/c1-15(17-8-11-21(27)22(28)12-17)29-32-25(33)24-13-23(30-31-24)16-6-9-19(10-7-16)34-14-18-4-2-3-5-20(18)26/h2-13H,14H2,1H3,(H,30,31)(H,32,33)/b29-15-. The van der Waals surface area contributed by atoms with Crippen LogP contribution in [0.15, 0.2) is 77.9 Å². The molecule has 0 aliphatic rings. The van der Waals surface area contributed by atoms with Crippen molar-refractivity contribution in [3.63, 3.8) is 0 Å². The van der Waals surface area contributed by atoms with Crippen molar-refractivity contribution >= 4 is 46.4 Å².